The zero-order chi connectivity index (χ0) is 13.5. The Bertz CT molecular complexity index is 554. The average molecular weight is 248 g/mol. The molecule has 0 unspecified atom stereocenters. The van der Waals surface area contributed by atoms with Gasteiger partial charge in [-0.15, -0.1) is 0 Å². The second-order valence-electron chi connectivity index (χ2n) is 4.72. The fourth-order valence-electron chi connectivity index (χ4n) is 1.97. The van der Waals surface area contributed by atoms with Gasteiger partial charge in [0.2, 0.25) is 0 Å². The Morgan fingerprint density at radius 1 is 0.789 bits per heavy atom. The van der Waals surface area contributed by atoms with Gasteiger partial charge in [0.15, 0.2) is 0 Å². The molecule has 2 aromatic rings. The highest BCUT2D eigenvalue weighted by molar-refractivity contribution is 5.63. The summed E-state index contributed by atoms with van der Waals surface area (Å²) in [5.74, 6) is 0. The van der Waals surface area contributed by atoms with Crippen LogP contribution in [0.15, 0.2) is 72.8 Å². The summed E-state index contributed by atoms with van der Waals surface area (Å²) >= 11 is 0. The summed E-state index contributed by atoms with van der Waals surface area (Å²) in [6, 6.07) is 17.5. The number of rotatable bonds is 4. The van der Waals surface area contributed by atoms with Crippen molar-refractivity contribution in [3.05, 3.63) is 84.0 Å². The second-order valence-corrected chi connectivity index (χ2v) is 4.72. The molecular weight excluding hydrogens is 228 g/mol. The highest BCUT2D eigenvalue weighted by atomic mass is 14.0. The van der Waals surface area contributed by atoms with Crippen LogP contribution in [0.4, 0.5) is 0 Å². The van der Waals surface area contributed by atoms with E-state index in [0.717, 1.165) is 6.42 Å². The standard InChI is InChI=1S/C19H20/c1-3-4-5-6-7-17-10-14-19(15-11-17)18-12-8-16(2)9-13-18/h3-6,8-15H,7H2,1-2H3/b4-3-,6-5-. The normalized spacial score (nSPS) is 11.5. The van der Waals surface area contributed by atoms with Gasteiger partial charge in [-0.2, -0.15) is 0 Å². The van der Waals surface area contributed by atoms with Crippen LogP contribution in [0.3, 0.4) is 0 Å². The Morgan fingerprint density at radius 2 is 1.37 bits per heavy atom. The molecule has 19 heavy (non-hydrogen) atoms. The van der Waals surface area contributed by atoms with Crippen molar-refractivity contribution in [2.24, 2.45) is 0 Å². The predicted octanol–water partition coefficient (Wildman–Crippen LogP) is 5.34. The first-order valence-corrected chi connectivity index (χ1v) is 6.73. The minimum absolute atomic E-state index is 0.985. The monoisotopic (exact) mass is 248 g/mol. The summed E-state index contributed by atoms with van der Waals surface area (Å²) in [5.41, 5.74) is 5.20. The molecule has 2 rings (SSSR count). The first kappa shape index (κ1) is 13.4. The number of benzene rings is 2. The van der Waals surface area contributed by atoms with E-state index in [2.05, 4.69) is 73.7 Å². The maximum absolute atomic E-state index is 2.20. The lowest BCUT2D eigenvalue weighted by Crippen LogP contribution is -1.82. The van der Waals surface area contributed by atoms with E-state index in [0.29, 0.717) is 0 Å². The molecule has 0 aliphatic carbocycles. The van der Waals surface area contributed by atoms with Gasteiger partial charge >= 0.3 is 0 Å². The Morgan fingerprint density at radius 3 is 1.95 bits per heavy atom. The van der Waals surface area contributed by atoms with Crippen LogP contribution in [0.1, 0.15) is 18.1 Å². The summed E-state index contributed by atoms with van der Waals surface area (Å²) in [5, 5.41) is 0. The van der Waals surface area contributed by atoms with Crippen LogP contribution in [0.2, 0.25) is 0 Å². The third-order valence-electron chi connectivity index (χ3n) is 3.13. The predicted molar refractivity (Wildman–Crippen MR) is 84.3 cm³/mol. The van der Waals surface area contributed by atoms with Gasteiger partial charge < -0.3 is 0 Å². The Kier molecular flexibility index (Phi) is 4.74. The van der Waals surface area contributed by atoms with Gasteiger partial charge in [0.05, 0.1) is 0 Å². The second kappa shape index (κ2) is 6.75. The first-order valence-electron chi connectivity index (χ1n) is 6.73. The van der Waals surface area contributed by atoms with Crippen molar-refractivity contribution in [2.75, 3.05) is 0 Å². The number of allylic oxidation sites excluding steroid dienone is 4. The lowest BCUT2D eigenvalue weighted by atomic mass is 10.0. The molecule has 96 valence electrons. The summed E-state index contributed by atoms with van der Waals surface area (Å²) in [4.78, 5) is 0. The van der Waals surface area contributed by atoms with E-state index in [1.54, 1.807) is 0 Å². The fourth-order valence-corrected chi connectivity index (χ4v) is 1.97. The van der Waals surface area contributed by atoms with Crippen molar-refractivity contribution in [1.82, 2.24) is 0 Å². The quantitative estimate of drug-likeness (QED) is 0.641. The van der Waals surface area contributed by atoms with E-state index in [-0.39, 0.29) is 0 Å². The summed E-state index contributed by atoms with van der Waals surface area (Å²) in [6.45, 7) is 4.14. The van der Waals surface area contributed by atoms with Gasteiger partial charge in [0.25, 0.3) is 0 Å². The molecule has 0 nitrogen and oxygen atoms in total. The van der Waals surface area contributed by atoms with Crippen LogP contribution in [0.25, 0.3) is 11.1 Å². The van der Waals surface area contributed by atoms with E-state index < -0.39 is 0 Å². The Labute approximate surface area is 116 Å². The first-order chi connectivity index (χ1) is 9.29. The highest BCUT2D eigenvalue weighted by Gasteiger charge is 1.97. The summed E-state index contributed by atoms with van der Waals surface area (Å²) < 4.78 is 0. The maximum atomic E-state index is 2.20. The molecule has 0 heteroatoms. The molecule has 0 spiro atoms. The third kappa shape index (κ3) is 3.96. The third-order valence-corrected chi connectivity index (χ3v) is 3.13. The smallest absolute Gasteiger partial charge is 0.00943 e. The van der Waals surface area contributed by atoms with Gasteiger partial charge in [0, 0.05) is 0 Å². The molecule has 0 fully saturated rings. The highest BCUT2D eigenvalue weighted by Crippen LogP contribution is 2.20. The van der Waals surface area contributed by atoms with E-state index in [1.165, 1.54) is 22.3 Å². The molecule has 0 atom stereocenters. The molecule has 0 bridgehead atoms. The molecule has 0 radical (unpaired) electrons. The van der Waals surface area contributed by atoms with Crippen molar-refractivity contribution in [1.29, 1.82) is 0 Å². The number of aryl methyl sites for hydroxylation is 1. The van der Waals surface area contributed by atoms with E-state index >= 15 is 0 Å². The molecule has 0 N–H and O–H groups in total. The Balaban J connectivity index is 2.08. The van der Waals surface area contributed by atoms with Crippen LogP contribution in [-0.2, 0) is 6.42 Å². The minimum atomic E-state index is 0.985. The van der Waals surface area contributed by atoms with E-state index in [1.807, 2.05) is 13.0 Å². The van der Waals surface area contributed by atoms with Gasteiger partial charge in [0.1, 0.15) is 0 Å². The zero-order valence-corrected chi connectivity index (χ0v) is 11.6. The molecule has 0 aromatic heterocycles. The topological polar surface area (TPSA) is 0 Å². The lowest BCUT2D eigenvalue weighted by Gasteiger charge is -2.03. The van der Waals surface area contributed by atoms with Crippen molar-refractivity contribution in [3.63, 3.8) is 0 Å². The molecular formula is C19H20. The molecule has 0 heterocycles. The lowest BCUT2D eigenvalue weighted by molar-refractivity contribution is 1.27. The fraction of sp³-hybridized carbons (Fsp3) is 0.158. The van der Waals surface area contributed by atoms with Crippen molar-refractivity contribution in [2.45, 2.75) is 20.3 Å². The van der Waals surface area contributed by atoms with Gasteiger partial charge in [-0.1, -0.05) is 78.4 Å². The zero-order valence-electron chi connectivity index (χ0n) is 11.6. The maximum Gasteiger partial charge on any atom is -0.00943 e. The van der Waals surface area contributed by atoms with Crippen LogP contribution in [0.5, 0.6) is 0 Å². The summed E-state index contributed by atoms with van der Waals surface area (Å²) in [6.07, 6.45) is 9.35. The SMILES string of the molecule is C/C=C\C=C/Cc1ccc(-c2ccc(C)cc2)cc1. The molecule has 0 aliphatic heterocycles. The van der Waals surface area contributed by atoms with Crippen molar-refractivity contribution in [3.8, 4) is 11.1 Å². The van der Waals surface area contributed by atoms with Gasteiger partial charge in [-0.3, -0.25) is 0 Å². The van der Waals surface area contributed by atoms with Crippen LogP contribution in [-0.4, -0.2) is 0 Å². The van der Waals surface area contributed by atoms with E-state index in [9.17, 15) is 0 Å². The molecule has 0 amide bonds. The van der Waals surface area contributed by atoms with E-state index in [4.69, 9.17) is 0 Å². The minimum Gasteiger partial charge on any atom is -0.0877 e. The van der Waals surface area contributed by atoms with Crippen LogP contribution >= 0.6 is 0 Å². The molecule has 0 saturated carbocycles. The van der Waals surface area contributed by atoms with Gasteiger partial charge in [-0.25, -0.2) is 0 Å². The number of hydrogen-bond acceptors (Lipinski definition) is 0. The van der Waals surface area contributed by atoms with Crippen molar-refractivity contribution >= 4 is 0 Å². The molecule has 2 aromatic carbocycles. The van der Waals surface area contributed by atoms with Gasteiger partial charge in [-0.05, 0) is 37.0 Å². The number of hydrogen-bond donors (Lipinski definition) is 0. The average Bonchev–Trinajstić information content (AvgIpc) is 2.45. The summed E-state index contributed by atoms with van der Waals surface area (Å²) in [7, 11) is 0. The Hall–Kier alpha value is -2.08. The van der Waals surface area contributed by atoms with Crippen molar-refractivity contribution < 1.29 is 0 Å². The van der Waals surface area contributed by atoms with Crippen LogP contribution in [0, 0.1) is 6.92 Å². The molecule has 0 saturated heterocycles. The largest absolute Gasteiger partial charge is 0.0877 e. The molecule has 0 aliphatic rings. The van der Waals surface area contributed by atoms with Crippen LogP contribution < -0.4 is 0 Å².